The number of benzene rings is 1. The van der Waals surface area contributed by atoms with E-state index in [2.05, 4.69) is 4.90 Å². The maximum Gasteiger partial charge on any atom is 0.304 e. The van der Waals surface area contributed by atoms with Crippen LogP contribution in [0.2, 0.25) is 0 Å². The maximum atomic E-state index is 12.2. The molecule has 2 rings (SSSR count). The van der Waals surface area contributed by atoms with Gasteiger partial charge in [-0.1, -0.05) is 18.2 Å². The van der Waals surface area contributed by atoms with Crippen molar-refractivity contribution in [3.63, 3.8) is 0 Å². The van der Waals surface area contributed by atoms with Gasteiger partial charge in [-0.3, -0.25) is 9.18 Å². The Kier molecular flexibility index (Phi) is 3.61. The molecule has 1 aromatic carbocycles. The van der Waals surface area contributed by atoms with Crippen molar-refractivity contribution in [2.75, 3.05) is 24.7 Å². The molecule has 1 aromatic rings. The third-order valence-electron chi connectivity index (χ3n) is 3.14. The smallest absolute Gasteiger partial charge is 0.304 e. The molecular formula is C13H16FNO2. The van der Waals surface area contributed by atoms with E-state index in [1.165, 1.54) is 0 Å². The van der Waals surface area contributed by atoms with E-state index in [-0.39, 0.29) is 19.0 Å². The number of hydrogen-bond acceptors (Lipinski definition) is 2. The maximum absolute atomic E-state index is 12.2. The second-order valence-corrected chi connectivity index (χ2v) is 4.34. The number of carbonyl (C=O) groups is 1. The van der Waals surface area contributed by atoms with Crippen molar-refractivity contribution in [3.8, 4) is 0 Å². The normalized spacial score (nSPS) is 18.2. The molecule has 0 spiro atoms. The number of carboxylic acids is 1. The zero-order valence-electron chi connectivity index (χ0n) is 9.60. The Balaban J connectivity index is 2.17. The summed E-state index contributed by atoms with van der Waals surface area (Å²) < 4.78 is 12.2. The minimum Gasteiger partial charge on any atom is -0.481 e. The molecule has 1 aliphatic rings. The Labute approximate surface area is 99.9 Å². The molecule has 0 aromatic heterocycles. The van der Waals surface area contributed by atoms with Crippen LogP contribution in [0.25, 0.3) is 0 Å². The predicted octanol–water partition coefficient (Wildman–Crippen LogP) is 2.42. The lowest BCUT2D eigenvalue weighted by Gasteiger charge is -2.18. The standard InChI is InChI=1S/C13H16FNO2/c14-6-3-7-15-9-10(8-13(16)17)11-4-1-2-5-12(11)15/h1-2,4-5,10H,3,6-9H2,(H,16,17). The average Bonchev–Trinajstić information content (AvgIpc) is 2.65. The molecule has 1 heterocycles. The third-order valence-corrected chi connectivity index (χ3v) is 3.14. The van der Waals surface area contributed by atoms with Crippen molar-refractivity contribution in [2.24, 2.45) is 0 Å². The number of rotatable bonds is 5. The Morgan fingerprint density at radius 2 is 2.24 bits per heavy atom. The van der Waals surface area contributed by atoms with E-state index in [9.17, 15) is 9.18 Å². The zero-order chi connectivity index (χ0) is 12.3. The molecule has 0 bridgehead atoms. The second-order valence-electron chi connectivity index (χ2n) is 4.34. The first kappa shape index (κ1) is 11.9. The molecule has 0 saturated carbocycles. The number of hydrogen-bond donors (Lipinski definition) is 1. The fourth-order valence-corrected chi connectivity index (χ4v) is 2.43. The summed E-state index contributed by atoms with van der Waals surface area (Å²) in [4.78, 5) is 12.9. The van der Waals surface area contributed by atoms with Gasteiger partial charge in [-0.05, 0) is 18.1 Å². The quantitative estimate of drug-likeness (QED) is 0.855. The van der Waals surface area contributed by atoms with Gasteiger partial charge in [0.25, 0.3) is 0 Å². The fraction of sp³-hybridized carbons (Fsp3) is 0.462. The van der Waals surface area contributed by atoms with Gasteiger partial charge in [0.05, 0.1) is 13.1 Å². The summed E-state index contributed by atoms with van der Waals surface area (Å²) >= 11 is 0. The minimum absolute atomic E-state index is 0.0308. The van der Waals surface area contributed by atoms with Gasteiger partial charge in [0.2, 0.25) is 0 Å². The number of anilines is 1. The van der Waals surface area contributed by atoms with Crippen LogP contribution in [0.1, 0.15) is 24.3 Å². The molecule has 1 unspecified atom stereocenters. The van der Waals surface area contributed by atoms with E-state index in [4.69, 9.17) is 5.11 Å². The molecule has 1 N–H and O–H groups in total. The second kappa shape index (κ2) is 5.17. The summed E-state index contributed by atoms with van der Waals surface area (Å²) in [7, 11) is 0. The summed E-state index contributed by atoms with van der Waals surface area (Å²) in [6.07, 6.45) is 0.636. The van der Waals surface area contributed by atoms with Gasteiger partial charge in [0, 0.05) is 24.7 Å². The zero-order valence-corrected chi connectivity index (χ0v) is 9.60. The van der Waals surface area contributed by atoms with Crippen molar-refractivity contribution in [1.82, 2.24) is 0 Å². The first-order valence-corrected chi connectivity index (χ1v) is 5.84. The van der Waals surface area contributed by atoms with Crippen molar-refractivity contribution >= 4 is 11.7 Å². The van der Waals surface area contributed by atoms with Crippen LogP contribution in [0.3, 0.4) is 0 Å². The number of carboxylic acid groups (broad SMARTS) is 1. The molecule has 4 heteroatoms. The van der Waals surface area contributed by atoms with Crippen molar-refractivity contribution in [1.29, 1.82) is 0 Å². The largest absolute Gasteiger partial charge is 0.481 e. The van der Waals surface area contributed by atoms with Gasteiger partial charge in [0.1, 0.15) is 0 Å². The molecule has 0 fully saturated rings. The number of fused-ring (bicyclic) bond motifs is 1. The third kappa shape index (κ3) is 2.57. The van der Waals surface area contributed by atoms with Crippen LogP contribution in [0, 0.1) is 0 Å². The Morgan fingerprint density at radius 1 is 1.47 bits per heavy atom. The number of alkyl halides is 1. The highest BCUT2D eigenvalue weighted by atomic mass is 19.1. The molecule has 0 radical (unpaired) electrons. The molecule has 3 nitrogen and oxygen atoms in total. The lowest BCUT2D eigenvalue weighted by molar-refractivity contribution is -0.137. The van der Waals surface area contributed by atoms with Gasteiger partial charge in [-0.25, -0.2) is 0 Å². The van der Waals surface area contributed by atoms with Gasteiger partial charge in [-0.2, -0.15) is 0 Å². The highest BCUT2D eigenvalue weighted by Gasteiger charge is 2.29. The Bertz CT molecular complexity index is 408. The monoisotopic (exact) mass is 237 g/mol. The summed E-state index contributed by atoms with van der Waals surface area (Å²) in [5.74, 6) is -0.750. The Hall–Kier alpha value is -1.58. The van der Waals surface area contributed by atoms with Crippen LogP contribution in [0.5, 0.6) is 0 Å². The van der Waals surface area contributed by atoms with Crippen LogP contribution < -0.4 is 4.90 Å². The molecule has 1 aliphatic heterocycles. The topological polar surface area (TPSA) is 40.5 Å². The van der Waals surface area contributed by atoms with E-state index in [1.54, 1.807) is 0 Å². The number of aliphatic carboxylic acids is 1. The van der Waals surface area contributed by atoms with E-state index in [0.29, 0.717) is 19.5 Å². The van der Waals surface area contributed by atoms with Gasteiger partial charge in [-0.15, -0.1) is 0 Å². The van der Waals surface area contributed by atoms with Crippen LogP contribution in [0.4, 0.5) is 10.1 Å². The molecule has 0 saturated heterocycles. The molecule has 1 atom stereocenters. The average molecular weight is 237 g/mol. The van der Waals surface area contributed by atoms with Gasteiger partial charge in [0.15, 0.2) is 0 Å². The van der Waals surface area contributed by atoms with Gasteiger partial charge < -0.3 is 10.0 Å². The van der Waals surface area contributed by atoms with Crippen molar-refractivity contribution in [2.45, 2.75) is 18.8 Å². The molecule has 92 valence electrons. The number of nitrogens with zero attached hydrogens (tertiary/aromatic N) is 1. The Morgan fingerprint density at radius 3 is 2.94 bits per heavy atom. The summed E-state index contributed by atoms with van der Waals surface area (Å²) in [6, 6.07) is 7.81. The lowest BCUT2D eigenvalue weighted by Crippen LogP contribution is -2.24. The summed E-state index contributed by atoms with van der Waals surface area (Å²) in [5.41, 5.74) is 2.14. The highest BCUT2D eigenvalue weighted by molar-refractivity contribution is 5.71. The number of para-hydroxylation sites is 1. The fourth-order valence-electron chi connectivity index (χ4n) is 2.43. The van der Waals surface area contributed by atoms with Crippen LogP contribution >= 0.6 is 0 Å². The summed E-state index contributed by atoms with van der Waals surface area (Å²) in [6.45, 7) is 1.01. The molecule has 17 heavy (non-hydrogen) atoms. The highest BCUT2D eigenvalue weighted by Crippen LogP contribution is 2.37. The van der Waals surface area contributed by atoms with Crippen LogP contribution in [-0.4, -0.2) is 30.8 Å². The van der Waals surface area contributed by atoms with Gasteiger partial charge >= 0.3 is 5.97 Å². The number of halogens is 1. The lowest BCUT2D eigenvalue weighted by atomic mass is 9.98. The first-order chi connectivity index (χ1) is 8.22. The van der Waals surface area contributed by atoms with E-state index in [0.717, 1.165) is 11.3 Å². The molecular weight excluding hydrogens is 221 g/mol. The first-order valence-electron chi connectivity index (χ1n) is 5.84. The van der Waals surface area contributed by atoms with Crippen molar-refractivity contribution in [3.05, 3.63) is 29.8 Å². The van der Waals surface area contributed by atoms with Crippen LogP contribution in [-0.2, 0) is 4.79 Å². The minimum atomic E-state index is -0.780. The SMILES string of the molecule is O=C(O)CC1CN(CCCF)c2ccccc21. The van der Waals surface area contributed by atoms with E-state index in [1.807, 2.05) is 24.3 Å². The van der Waals surface area contributed by atoms with Crippen LogP contribution in [0.15, 0.2) is 24.3 Å². The van der Waals surface area contributed by atoms with E-state index >= 15 is 0 Å². The predicted molar refractivity (Wildman–Crippen MR) is 64.2 cm³/mol. The summed E-state index contributed by atoms with van der Waals surface area (Å²) in [5, 5.41) is 8.88. The molecule has 0 aliphatic carbocycles. The van der Waals surface area contributed by atoms with E-state index < -0.39 is 5.97 Å². The van der Waals surface area contributed by atoms with Crippen molar-refractivity contribution < 1.29 is 14.3 Å². The molecule has 0 amide bonds.